The van der Waals surface area contributed by atoms with Crippen LogP contribution in [-0.2, 0) is 0 Å². The van der Waals surface area contributed by atoms with Crippen molar-refractivity contribution in [1.29, 1.82) is 0 Å². The molecule has 0 radical (unpaired) electrons. The summed E-state index contributed by atoms with van der Waals surface area (Å²) in [7, 11) is 0. The predicted molar refractivity (Wildman–Crippen MR) is 192 cm³/mol. The number of carbonyl (C=O) groups excluding carboxylic acids is 1. The summed E-state index contributed by atoms with van der Waals surface area (Å²) in [5.74, 6) is 0.769. The van der Waals surface area contributed by atoms with Crippen LogP contribution in [0.15, 0.2) is 54.6 Å². The quantitative estimate of drug-likeness (QED) is 0.0817. The number of ether oxygens (including phenoxy) is 3. The van der Waals surface area contributed by atoms with Crippen LogP contribution in [0.1, 0.15) is 154 Å². The SMILES string of the molecule is CCCCCCCCCCCCCCCCNC(=O)c1ccc(C2c3ccc(OCC)cc3Oc3cc(OCC)ccc32)c(C(=O)O)c1. The number of hydrogen-bond donors (Lipinski definition) is 2. The Bertz CT molecular complexity index is 1410. The van der Waals surface area contributed by atoms with Gasteiger partial charge >= 0.3 is 5.97 Å². The summed E-state index contributed by atoms with van der Waals surface area (Å²) in [4.78, 5) is 25.7. The lowest BCUT2D eigenvalue weighted by molar-refractivity contribution is 0.0695. The molecule has 0 bridgehead atoms. The highest BCUT2D eigenvalue weighted by Gasteiger charge is 2.32. The second-order valence-corrected chi connectivity index (χ2v) is 12.8. The third kappa shape index (κ3) is 10.5. The molecule has 1 aliphatic rings. The summed E-state index contributed by atoms with van der Waals surface area (Å²) in [6.45, 7) is 7.71. The molecular formula is C41H55NO6. The Hall–Kier alpha value is -4.00. The fraction of sp³-hybridized carbons (Fsp3) is 0.512. The first-order valence-corrected chi connectivity index (χ1v) is 18.3. The van der Waals surface area contributed by atoms with E-state index in [9.17, 15) is 14.7 Å². The van der Waals surface area contributed by atoms with Crippen molar-refractivity contribution >= 4 is 11.9 Å². The number of rotatable bonds is 22. The number of amides is 1. The number of carboxylic acids is 1. The van der Waals surface area contributed by atoms with Gasteiger partial charge in [0.25, 0.3) is 5.91 Å². The third-order valence-electron chi connectivity index (χ3n) is 9.11. The minimum atomic E-state index is -1.09. The molecule has 0 saturated carbocycles. The summed E-state index contributed by atoms with van der Waals surface area (Å²) < 4.78 is 17.7. The molecule has 2 N–H and O–H groups in total. The van der Waals surface area contributed by atoms with Crippen LogP contribution in [0.3, 0.4) is 0 Å². The minimum absolute atomic E-state index is 0.0886. The van der Waals surface area contributed by atoms with Gasteiger partial charge < -0.3 is 24.6 Å². The number of carboxylic acid groups (broad SMARTS) is 1. The number of unbranched alkanes of at least 4 members (excludes halogenated alkanes) is 13. The zero-order valence-electron chi connectivity index (χ0n) is 29.3. The monoisotopic (exact) mass is 657 g/mol. The summed E-state index contributed by atoms with van der Waals surface area (Å²) in [6, 6.07) is 16.2. The van der Waals surface area contributed by atoms with Gasteiger partial charge in [0.2, 0.25) is 0 Å². The lowest BCUT2D eigenvalue weighted by atomic mass is 9.80. The highest BCUT2D eigenvalue weighted by Crippen LogP contribution is 2.50. The second-order valence-electron chi connectivity index (χ2n) is 12.8. The minimum Gasteiger partial charge on any atom is -0.494 e. The molecule has 3 aromatic carbocycles. The van der Waals surface area contributed by atoms with E-state index in [1.807, 2.05) is 50.2 Å². The molecule has 1 heterocycles. The predicted octanol–water partition coefficient (Wildman–Crippen LogP) is 10.7. The Labute approximate surface area is 287 Å². The van der Waals surface area contributed by atoms with Crippen molar-refractivity contribution in [3.63, 3.8) is 0 Å². The van der Waals surface area contributed by atoms with Crippen molar-refractivity contribution in [1.82, 2.24) is 5.32 Å². The highest BCUT2D eigenvalue weighted by molar-refractivity contribution is 5.98. The molecule has 260 valence electrons. The standard InChI is InChI=1S/C41H55NO6/c1-4-7-8-9-10-11-12-13-14-15-16-17-18-19-26-42-40(43)30-20-23-33(36(27-30)41(44)45)39-34-24-21-31(46-5-2)28-37(34)48-38-29-32(47-6-3)22-25-35(38)39/h20-25,27-29,39H,4-19,26H2,1-3H3,(H,42,43)(H,44,45). The van der Waals surface area contributed by atoms with Crippen LogP contribution in [0.5, 0.6) is 23.0 Å². The molecule has 7 nitrogen and oxygen atoms in total. The van der Waals surface area contributed by atoms with Crippen molar-refractivity contribution in [3.05, 3.63) is 82.4 Å². The van der Waals surface area contributed by atoms with E-state index in [0.29, 0.717) is 53.9 Å². The topological polar surface area (TPSA) is 94.1 Å². The molecule has 3 aromatic rings. The van der Waals surface area contributed by atoms with Gasteiger partial charge in [0.1, 0.15) is 23.0 Å². The van der Waals surface area contributed by atoms with Gasteiger partial charge in [-0.3, -0.25) is 4.79 Å². The molecule has 0 aromatic heterocycles. The summed E-state index contributed by atoms with van der Waals surface area (Å²) >= 11 is 0. The van der Waals surface area contributed by atoms with Crippen molar-refractivity contribution in [2.45, 2.75) is 117 Å². The smallest absolute Gasteiger partial charge is 0.336 e. The average Bonchev–Trinajstić information content (AvgIpc) is 3.08. The molecule has 1 amide bonds. The maximum Gasteiger partial charge on any atom is 0.336 e. The first-order chi connectivity index (χ1) is 23.5. The summed E-state index contributed by atoms with van der Waals surface area (Å²) in [6.07, 6.45) is 18.0. The molecule has 4 rings (SSSR count). The second kappa shape index (κ2) is 19.7. The molecule has 0 atom stereocenters. The van der Waals surface area contributed by atoms with Crippen molar-refractivity contribution < 1.29 is 28.9 Å². The van der Waals surface area contributed by atoms with Gasteiger partial charge in [-0.1, -0.05) is 109 Å². The van der Waals surface area contributed by atoms with Gasteiger partial charge in [0, 0.05) is 41.3 Å². The van der Waals surface area contributed by atoms with Gasteiger partial charge in [0.15, 0.2) is 0 Å². The Kier molecular flexibility index (Phi) is 15.1. The normalized spacial score (nSPS) is 12.1. The lowest BCUT2D eigenvalue weighted by Crippen LogP contribution is -2.25. The van der Waals surface area contributed by atoms with Crippen LogP contribution in [0, 0.1) is 0 Å². The van der Waals surface area contributed by atoms with Gasteiger partial charge in [-0.05, 0) is 50.1 Å². The van der Waals surface area contributed by atoms with E-state index in [1.54, 1.807) is 12.1 Å². The van der Waals surface area contributed by atoms with Crippen molar-refractivity contribution in [2.24, 2.45) is 0 Å². The zero-order chi connectivity index (χ0) is 34.1. The Morgan fingerprint density at radius 3 is 1.60 bits per heavy atom. The lowest BCUT2D eigenvalue weighted by Gasteiger charge is -2.30. The fourth-order valence-electron chi connectivity index (χ4n) is 6.58. The summed E-state index contributed by atoms with van der Waals surface area (Å²) in [5, 5.41) is 13.3. The van der Waals surface area contributed by atoms with Crippen LogP contribution >= 0.6 is 0 Å². The number of fused-ring (bicyclic) bond motifs is 2. The van der Waals surface area contributed by atoms with Crippen molar-refractivity contribution in [2.75, 3.05) is 19.8 Å². The number of nitrogens with one attached hydrogen (secondary N) is 1. The fourth-order valence-corrected chi connectivity index (χ4v) is 6.58. The molecule has 0 spiro atoms. The molecule has 0 saturated heterocycles. The van der Waals surface area contributed by atoms with Crippen LogP contribution in [0.4, 0.5) is 0 Å². The van der Waals surface area contributed by atoms with E-state index >= 15 is 0 Å². The van der Waals surface area contributed by atoms with Gasteiger partial charge in [-0.25, -0.2) is 4.79 Å². The Morgan fingerprint density at radius 2 is 1.12 bits per heavy atom. The van der Waals surface area contributed by atoms with E-state index in [2.05, 4.69) is 12.2 Å². The van der Waals surface area contributed by atoms with Gasteiger partial charge in [-0.15, -0.1) is 0 Å². The molecule has 1 aliphatic heterocycles. The van der Waals surface area contributed by atoms with Crippen molar-refractivity contribution in [3.8, 4) is 23.0 Å². The van der Waals surface area contributed by atoms with E-state index in [1.165, 1.54) is 83.1 Å². The van der Waals surface area contributed by atoms with Crippen LogP contribution in [0.25, 0.3) is 0 Å². The number of carbonyl (C=O) groups is 2. The molecule has 7 heteroatoms. The zero-order valence-corrected chi connectivity index (χ0v) is 29.3. The average molecular weight is 658 g/mol. The Morgan fingerprint density at radius 1 is 0.646 bits per heavy atom. The summed E-state index contributed by atoms with van der Waals surface area (Å²) in [5.41, 5.74) is 2.67. The molecular weight excluding hydrogens is 602 g/mol. The molecule has 0 fully saturated rings. The van der Waals surface area contributed by atoms with E-state index in [-0.39, 0.29) is 11.5 Å². The Balaban J connectivity index is 1.34. The maximum absolute atomic E-state index is 13.1. The van der Waals surface area contributed by atoms with Crippen LogP contribution < -0.4 is 19.5 Å². The molecule has 0 aliphatic carbocycles. The number of benzene rings is 3. The third-order valence-corrected chi connectivity index (χ3v) is 9.11. The van der Waals surface area contributed by atoms with Crippen LogP contribution in [-0.4, -0.2) is 36.7 Å². The largest absolute Gasteiger partial charge is 0.494 e. The first-order valence-electron chi connectivity index (χ1n) is 18.3. The molecule has 0 unspecified atom stereocenters. The van der Waals surface area contributed by atoms with E-state index in [4.69, 9.17) is 14.2 Å². The van der Waals surface area contributed by atoms with Gasteiger partial charge in [-0.2, -0.15) is 0 Å². The first kappa shape index (κ1) is 36.8. The number of aromatic carboxylic acids is 1. The van der Waals surface area contributed by atoms with Crippen LogP contribution in [0.2, 0.25) is 0 Å². The van der Waals surface area contributed by atoms with E-state index in [0.717, 1.165) is 24.0 Å². The van der Waals surface area contributed by atoms with E-state index < -0.39 is 11.9 Å². The highest BCUT2D eigenvalue weighted by atomic mass is 16.5. The van der Waals surface area contributed by atoms with Gasteiger partial charge in [0.05, 0.1) is 18.8 Å². The molecule has 48 heavy (non-hydrogen) atoms. The maximum atomic E-state index is 13.1. The number of hydrogen-bond acceptors (Lipinski definition) is 5.